The summed E-state index contributed by atoms with van der Waals surface area (Å²) in [7, 11) is -7.38. The van der Waals surface area contributed by atoms with Crippen LogP contribution in [0.3, 0.4) is 0 Å². The quantitative estimate of drug-likeness (QED) is 0.255. The molecule has 0 saturated carbocycles. The van der Waals surface area contributed by atoms with Crippen molar-refractivity contribution in [3.05, 3.63) is 0 Å². The molecule has 1 fully saturated rings. The van der Waals surface area contributed by atoms with Gasteiger partial charge in [-0.2, -0.15) is 13.2 Å². The van der Waals surface area contributed by atoms with Crippen LogP contribution in [-0.2, 0) is 33.8 Å². The van der Waals surface area contributed by atoms with E-state index in [1.54, 1.807) is 0 Å². The highest BCUT2D eigenvalue weighted by Crippen LogP contribution is 2.58. The summed E-state index contributed by atoms with van der Waals surface area (Å²) in [5, 5.41) is 47.6. The Bertz CT molecular complexity index is 961. The zero-order chi connectivity index (χ0) is 25.2. The Kier molecular flexibility index (Phi) is 6.23. The summed E-state index contributed by atoms with van der Waals surface area (Å²) in [5.41, 5.74) is -24.4. The molecule has 178 valence electrons. The fourth-order valence-corrected chi connectivity index (χ4v) is 4.93. The highest BCUT2D eigenvalue weighted by Gasteiger charge is 2.91. The van der Waals surface area contributed by atoms with E-state index in [0.29, 0.717) is 13.8 Å². The molecule has 0 radical (unpaired) electrons. The maximum Gasteiger partial charge on any atom is 0.502 e. The van der Waals surface area contributed by atoms with Gasteiger partial charge in [0.1, 0.15) is 0 Å². The summed E-state index contributed by atoms with van der Waals surface area (Å²) in [6.07, 6.45) is 0. The zero-order valence-corrected chi connectivity index (χ0v) is 17.2. The molecular weight excluding hydrogens is 461 g/mol. The van der Waals surface area contributed by atoms with Crippen LogP contribution in [0, 0.1) is 0 Å². The van der Waals surface area contributed by atoms with Gasteiger partial charge in [-0.25, -0.2) is 8.42 Å². The number of carbonyl (C=O) groups excluding carboxylic acids is 4. The molecule has 0 spiro atoms. The molecule has 0 unspecified atom stereocenters. The molecule has 0 aromatic carbocycles. The predicted octanol–water partition coefficient (Wildman–Crippen LogP) is -3.12. The molecule has 12 nitrogen and oxygen atoms in total. The number of aliphatic hydroxyl groups excluding tert-OH is 1. The SMILES string of the molecule is CC(=O)[C@]1(O)[C@@](O)(C(C)=O)[C@](CO)(C(C)=O)O[C@](O)(S(=O)(=O)C(F)(F)F)[C@]1(O)C(C)=O. The highest BCUT2D eigenvalue weighted by molar-refractivity contribution is 7.93. The van der Waals surface area contributed by atoms with Gasteiger partial charge in [0.05, 0.1) is 6.61 Å². The number of halogens is 3. The minimum Gasteiger partial charge on any atom is -0.393 e. The number of rotatable bonds is 6. The summed E-state index contributed by atoms with van der Waals surface area (Å²) >= 11 is 0. The first-order chi connectivity index (χ1) is 13.5. The highest BCUT2D eigenvalue weighted by atomic mass is 32.2. The molecule has 1 saturated heterocycles. The molecule has 0 bridgehead atoms. The van der Waals surface area contributed by atoms with E-state index in [9.17, 15) is 66.3 Å². The standard InChI is InChI=1S/C15H19F3O12S/c1-6(20)10(5-19)11(24,7(2)21)12(25,8(3)22)13(26,9(4)23)14(27,30-10)31(28,29)15(16,17)18/h19,24-27H,5H2,1-4H3/t10-,11+,12-,13-,14-/m0/s1. The van der Waals surface area contributed by atoms with Crippen LogP contribution < -0.4 is 0 Å². The van der Waals surface area contributed by atoms with E-state index in [0.717, 1.165) is 0 Å². The van der Waals surface area contributed by atoms with Crippen LogP contribution in [0.1, 0.15) is 27.7 Å². The molecule has 1 heterocycles. The van der Waals surface area contributed by atoms with Gasteiger partial charge in [0, 0.05) is 0 Å². The van der Waals surface area contributed by atoms with Crippen LogP contribution in [0.4, 0.5) is 13.2 Å². The molecule has 0 amide bonds. The van der Waals surface area contributed by atoms with E-state index >= 15 is 0 Å². The normalized spacial score (nSPS) is 39.1. The summed E-state index contributed by atoms with van der Waals surface area (Å²) in [5.74, 6) is -8.23. The minimum absolute atomic E-state index is 0.0917. The van der Waals surface area contributed by atoms with Gasteiger partial charge < -0.3 is 30.3 Å². The molecule has 1 aliphatic rings. The van der Waals surface area contributed by atoms with E-state index in [2.05, 4.69) is 4.74 Å². The van der Waals surface area contributed by atoms with E-state index in [-0.39, 0.29) is 13.8 Å². The smallest absolute Gasteiger partial charge is 0.393 e. The predicted molar refractivity (Wildman–Crippen MR) is 88.4 cm³/mol. The zero-order valence-electron chi connectivity index (χ0n) is 16.3. The van der Waals surface area contributed by atoms with E-state index < -0.39 is 72.6 Å². The van der Waals surface area contributed by atoms with Crippen molar-refractivity contribution in [2.24, 2.45) is 0 Å². The minimum atomic E-state index is -7.38. The topological polar surface area (TPSA) is 213 Å². The summed E-state index contributed by atoms with van der Waals surface area (Å²) in [4.78, 5) is 49.1. The molecule has 31 heavy (non-hydrogen) atoms. The van der Waals surface area contributed by atoms with Crippen molar-refractivity contribution in [2.45, 2.75) is 60.7 Å². The lowest BCUT2D eigenvalue weighted by molar-refractivity contribution is -0.397. The Morgan fingerprint density at radius 2 is 1.13 bits per heavy atom. The van der Waals surface area contributed by atoms with Crippen LogP contribution in [-0.4, -0.2) is 96.7 Å². The molecule has 1 aliphatic heterocycles. The molecular formula is C15H19F3O12S. The van der Waals surface area contributed by atoms with Gasteiger partial charge >= 0.3 is 20.5 Å². The Hall–Kier alpha value is -1.82. The number of ether oxygens (including phenoxy) is 1. The maximum atomic E-state index is 13.3. The van der Waals surface area contributed by atoms with Crippen molar-refractivity contribution < 1.29 is 71.0 Å². The van der Waals surface area contributed by atoms with E-state index in [4.69, 9.17) is 0 Å². The average molecular weight is 480 g/mol. The van der Waals surface area contributed by atoms with Crippen LogP contribution in [0.5, 0.6) is 0 Å². The van der Waals surface area contributed by atoms with Crippen molar-refractivity contribution in [2.75, 3.05) is 6.61 Å². The lowest BCUT2D eigenvalue weighted by atomic mass is 9.56. The number of carbonyl (C=O) groups is 4. The van der Waals surface area contributed by atoms with Crippen molar-refractivity contribution >= 4 is 33.0 Å². The first-order valence-electron chi connectivity index (χ1n) is 8.10. The molecule has 0 aromatic heterocycles. The number of sulfone groups is 1. The van der Waals surface area contributed by atoms with Crippen molar-refractivity contribution in [1.29, 1.82) is 0 Å². The summed E-state index contributed by atoms with van der Waals surface area (Å²) < 4.78 is 68.6. The second kappa shape index (κ2) is 7.09. The molecule has 1 rings (SSSR count). The Labute approximate surface area is 172 Å². The average Bonchev–Trinajstić information content (AvgIpc) is 2.60. The van der Waals surface area contributed by atoms with Gasteiger partial charge in [0.15, 0.2) is 28.7 Å². The molecule has 0 aromatic rings. The van der Waals surface area contributed by atoms with Crippen LogP contribution in [0.2, 0.25) is 0 Å². The number of hydrogen-bond donors (Lipinski definition) is 5. The summed E-state index contributed by atoms with van der Waals surface area (Å²) in [6.45, 7) is -1.18. The Morgan fingerprint density at radius 3 is 1.35 bits per heavy atom. The van der Waals surface area contributed by atoms with Crippen LogP contribution in [0.15, 0.2) is 0 Å². The third-order valence-corrected chi connectivity index (χ3v) is 7.11. The molecule has 0 aliphatic carbocycles. The largest absolute Gasteiger partial charge is 0.502 e. The van der Waals surface area contributed by atoms with Gasteiger partial charge in [-0.05, 0) is 27.7 Å². The van der Waals surface area contributed by atoms with Crippen molar-refractivity contribution in [1.82, 2.24) is 0 Å². The van der Waals surface area contributed by atoms with Crippen molar-refractivity contribution in [3.63, 3.8) is 0 Å². The Morgan fingerprint density at radius 1 is 0.774 bits per heavy atom. The second-order valence-electron chi connectivity index (χ2n) is 6.97. The second-order valence-corrected chi connectivity index (χ2v) is 9.00. The van der Waals surface area contributed by atoms with Crippen molar-refractivity contribution in [3.8, 4) is 0 Å². The van der Waals surface area contributed by atoms with Gasteiger partial charge in [-0.3, -0.25) is 19.2 Å². The van der Waals surface area contributed by atoms with Gasteiger partial charge in [-0.15, -0.1) is 0 Å². The van der Waals surface area contributed by atoms with Gasteiger partial charge in [0.25, 0.3) is 0 Å². The van der Waals surface area contributed by atoms with Gasteiger partial charge in [0.2, 0.25) is 16.8 Å². The lowest BCUT2D eigenvalue weighted by Crippen LogP contribution is -2.95. The van der Waals surface area contributed by atoms with E-state index in [1.807, 2.05) is 0 Å². The maximum absolute atomic E-state index is 13.3. The molecule has 16 heteroatoms. The molecule has 5 N–H and O–H groups in total. The third-order valence-electron chi connectivity index (χ3n) is 5.39. The summed E-state index contributed by atoms with van der Waals surface area (Å²) in [6, 6.07) is 0. The number of Topliss-reactive ketones (excluding diaryl/α,β-unsaturated/α-hetero) is 4. The third kappa shape index (κ3) is 2.66. The molecule has 5 atom stereocenters. The fourth-order valence-electron chi connectivity index (χ4n) is 3.68. The number of alkyl halides is 3. The Balaban J connectivity index is 4.57. The van der Waals surface area contributed by atoms with Crippen LogP contribution in [0.25, 0.3) is 0 Å². The van der Waals surface area contributed by atoms with Gasteiger partial charge in [-0.1, -0.05) is 0 Å². The van der Waals surface area contributed by atoms with Crippen LogP contribution >= 0.6 is 0 Å². The van der Waals surface area contributed by atoms with E-state index in [1.165, 1.54) is 0 Å². The first kappa shape index (κ1) is 27.2. The fraction of sp³-hybridized carbons (Fsp3) is 0.733. The monoisotopic (exact) mass is 480 g/mol. The number of ketones is 4. The number of aliphatic hydroxyl groups is 5. The lowest BCUT2D eigenvalue weighted by Gasteiger charge is -2.63. The first-order valence-corrected chi connectivity index (χ1v) is 9.58. The number of hydrogen-bond acceptors (Lipinski definition) is 12.